The number of ether oxygens (including phenoxy) is 1. The van der Waals surface area contributed by atoms with Crippen LogP contribution in [0, 0.1) is 5.92 Å². The molecule has 35 heavy (non-hydrogen) atoms. The van der Waals surface area contributed by atoms with Gasteiger partial charge in [0, 0.05) is 31.6 Å². The number of rotatable bonds is 8. The average Bonchev–Trinajstić information content (AvgIpc) is 2.98. The van der Waals surface area contributed by atoms with Crippen molar-refractivity contribution in [2.75, 3.05) is 36.2 Å². The van der Waals surface area contributed by atoms with Crippen molar-refractivity contribution in [1.82, 2.24) is 14.7 Å². The van der Waals surface area contributed by atoms with E-state index in [4.69, 9.17) is 20.9 Å². The van der Waals surface area contributed by atoms with E-state index in [1.54, 1.807) is 25.3 Å². The van der Waals surface area contributed by atoms with Crippen molar-refractivity contribution in [1.29, 1.82) is 0 Å². The number of hydrogen-bond donors (Lipinski definition) is 4. The first-order chi connectivity index (χ1) is 16.9. The highest BCUT2D eigenvalue weighted by molar-refractivity contribution is 7.77. The lowest BCUT2D eigenvalue weighted by molar-refractivity contribution is -0.118. The Hall–Kier alpha value is -2.47. The Labute approximate surface area is 212 Å². The molecule has 10 nitrogen and oxygen atoms in total. The summed E-state index contributed by atoms with van der Waals surface area (Å²) in [6.07, 6.45) is 7.52. The van der Waals surface area contributed by atoms with Gasteiger partial charge in [-0.25, -0.2) is 13.9 Å². The van der Waals surface area contributed by atoms with Gasteiger partial charge in [0.1, 0.15) is 10.8 Å². The molecular weight excluding hydrogens is 492 g/mol. The first-order valence-corrected chi connectivity index (χ1v) is 13.2. The third-order valence-corrected chi connectivity index (χ3v) is 7.37. The van der Waals surface area contributed by atoms with E-state index in [1.807, 2.05) is 12.1 Å². The molecule has 1 aromatic carbocycles. The predicted molar refractivity (Wildman–Crippen MR) is 138 cm³/mol. The van der Waals surface area contributed by atoms with Crippen molar-refractivity contribution >= 4 is 51.9 Å². The van der Waals surface area contributed by atoms with Gasteiger partial charge in [0.25, 0.3) is 0 Å². The number of fused-ring (bicyclic) bond motifs is 1. The summed E-state index contributed by atoms with van der Waals surface area (Å²) in [5.41, 5.74) is 2.51. The molecule has 4 N–H and O–H groups in total. The molecule has 1 unspecified atom stereocenters. The second-order valence-electron chi connectivity index (χ2n) is 8.86. The van der Waals surface area contributed by atoms with Gasteiger partial charge >= 0.3 is 0 Å². The molecule has 1 aliphatic heterocycles. The molecule has 190 valence electrons. The first kappa shape index (κ1) is 25.6. The van der Waals surface area contributed by atoms with Gasteiger partial charge in [0.2, 0.25) is 23.1 Å². The number of nitrogens with one attached hydrogen (secondary N) is 3. The summed E-state index contributed by atoms with van der Waals surface area (Å²) >= 11 is 4.37. The molecule has 1 aromatic heterocycles. The fraction of sp³-hybridized carbons (Fsp3) is 0.522. The van der Waals surface area contributed by atoms with Gasteiger partial charge in [0.15, 0.2) is 5.82 Å². The van der Waals surface area contributed by atoms with Crippen LogP contribution in [0.4, 0.5) is 23.1 Å². The highest BCUT2D eigenvalue weighted by atomic mass is 35.5. The van der Waals surface area contributed by atoms with Gasteiger partial charge in [0.05, 0.1) is 24.7 Å². The molecule has 3 atom stereocenters. The molecule has 0 spiro atoms. The van der Waals surface area contributed by atoms with E-state index in [0.29, 0.717) is 41.2 Å². The maximum absolute atomic E-state index is 12.3. The number of carbonyl (C=O) groups excluding carboxylic acids is 1. The first-order valence-electron chi connectivity index (χ1n) is 11.7. The van der Waals surface area contributed by atoms with Gasteiger partial charge in [-0.15, -0.1) is 0 Å². The molecule has 0 saturated heterocycles. The molecule has 1 aliphatic carbocycles. The summed E-state index contributed by atoms with van der Waals surface area (Å²) in [4.78, 5) is 22.9. The number of hydrogen-bond acceptors (Lipinski definition) is 7. The Balaban J connectivity index is 1.56. The summed E-state index contributed by atoms with van der Waals surface area (Å²) < 4.78 is 28.5. The van der Waals surface area contributed by atoms with Crippen LogP contribution in [0.15, 0.2) is 18.3 Å². The number of halogens is 1. The minimum absolute atomic E-state index is 0.0650. The maximum Gasteiger partial charge on any atom is 0.231 e. The van der Waals surface area contributed by atoms with E-state index in [-0.39, 0.29) is 17.9 Å². The van der Waals surface area contributed by atoms with Gasteiger partial charge in [-0.05, 0) is 43.7 Å². The molecule has 1 amide bonds. The van der Waals surface area contributed by atoms with E-state index in [9.17, 15) is 9.00 Å². The van der Waals surface area contributed by atoms with Crippen LogP contribution >= 0.6 is 11.6 Å². The van der Waals surface area contributed by atoms with Crippen LogP contribution in [-0.2, 0) is 22.5 Å². The second-order valence-corrected chi connectivity index (χ2v) is 10.1. The topological polar surface area (TPSA) is 129 Å². The average molecular weight is 523 g/mol. The predicted octanol–water partition coefficient (Wildman–Crippen LogP) is 3.88. The zero-order chi connectivity index (χ0) is 24.9. The fourth-order valence-corrected chi connectivity index (χ4v) is 5.37. The molecule has 0 bridgehead atoms. The van der Waals surface area contributed by atoms with Crippen LogP contribution in [0.3, 0.4) is 0 Å². The van der Waals surface area contributed by atoms with E-state index in [2.05, 4.69) is 25.3 Å². The normalized spacial score (nSPS) is 21.1. The Morgan fingerprint density at radius 1 is 1.26 bits per heavy atom. The summed E-state index contributed by atoms with van der Waals surface area (Å²) in [5, 5.41) is 7.06. The smallest absolute Gasteiger partial charge is 0.231 e. The molecular formula is C23H31ClN6O4S. The molecule has 0 radical (unpaired) electrons. The monoisotopic (exact) mass is 522 g/mol. The molecule has 1 saturated carbocycles. The number of methoxy groups -OCH3 is 1. The summed E-state index contributed by atoms with van der Waals surface area (Å²) in [6.45, 7) is 0.428. The van der Waals surface area contributed by atoms with Crippen molar-refractivity contribution in [2.45, 2.75) is 51.0 Å². The van der Waals surface area contributed by atoms with Crippen LogP contribution in [0.25, 0.3) is 0 Å². The summed E-state index contributed by atoms with van der Waals surface area (Å²) in [6, 6.07) is 3.83. The van der Waals surface area contributed by atoms with Crippen molar-refractivity contribution in [3.05, 3.63) is 28.9 Å². The van der Waals surface area contributed by atoms with E-state index in [1.165, 1.54) is 0 Å². The standard InChI is InChI=1S/C23H31ClN6O4S/c1-30-19-11-10-18(21(34-2)15(19)7-5-9-20(30)31)28-23-25-13-16(24)22(29-23)27-17-8-4-3-6-14(17)12-26-35(32)33/h10-11,13-14,17,26H,3-9,12H2,1-2H3,(H,32,33)(H2,25,27,28,29)/t14-,17-/m1/s1. The van der Waals surface area contributed by atoms with Crippen LogP contribution in [0.1, 0.15) is 44.1 Å². The van der Waals surface area contributed by atoms with E-state index >= 15 is 0 Å². The minimum Gasteiger partial charge on any atom is -0.494 e. The van der Waals surface area contributed by atoms with E-state index < -0.39 is 11.3 Å². The Bertz CT molecular complexity index is 1100. The van der Waals surface area contributed by atoms with Gasteiger partial charge < -0.3 is 20.3 Å². The number of nitrogens with zero attached hydrogens (tertiary/aromatic N) is 3. The summed E-state index contributed by atoms with van der Waals surface area (Å²) in [7, 11) is 3.39. The fourth-order valence-electron chi connectivity index (χ4n) is 4.87. The summed E-state index contributed by atoms with van der Waals surface area (Å²) in [5.74, 6) is 1.78. The molecule has 2 heterocycles. The number of anilines is 4. The van der Waals surface area contributed by atoms with Gasteiger partial charge in [-0.1, -0.05) is 24.4 Å². The molecule has 12 heteroatoms. The Kier molecular flexibility index (Phi) is 8.42. The van der Waals surface area contributed by atoms with Gasteiger partial charge in [-0.2, -0.15) is 4.98 Å². The zero-order valence-electron chi connectivity index (χ0n) is 19.8. The largest absolute Gasteiger partial charge is 0.494 e. The molecule has 2 aromatic rings. The second kappa shape index (κ2) is 11.5. The van der Waals surface area contributed by atoms with Crippen LogP contribution in [0.2, 0.25) is 5.02 Å². The Morgan fingerprint density at radius 3 is 2.83 bits per heavy atom. The third kappa shape index (κ3) is 6.03. The van der Waals surface area contributed by atoms with Crippen molar-refractivity contribution < 1.29 is 18.3 Å². The Morgan fingerprint density at radius 2 is 2.06 bits per heavy atom. The molecule has 1 fully saturated rings. The lowest BCUT2D eigenvalue weighted by Gasteiger charge is -2.32. The minimum atomic E-state index is -2.04. The number of benzene rings is 1. The number of amides is 1. The number of carbonyl (C=O) groups is 1. The quantitative estimate of drug-likeness (QED) is 0.384. The molecule has 2 aliphatic rings. The third-order valence-electron chi connectivity index (χ3n) is 6.68. The highest BCUT2D eigenvalue weighted by Gasteiger charge is 2.27. The molecule has 4 rings (SSSR count). The van der Waals surface area contributed by atoms with Crippen LogP contribution < -0.4 is 25.0 Å². The van der Waals surface area contributed by atoms with Crippen molar-refractivity contribution in [3.63, 3.8) is 0 Å². The highest BCUT2D eigenvalue weighted by Crippen LogP contribution is 2.40. The van der Waals surface area contributed by atoms with Crippen LogP contribution in [-0.4, -0.2) is 51.4 Å². The SMILES string of the molecule is COc1c(Nc2ncc(Cl)c(N[C@@H]3CCCC[C@@H]3CNS(=O)O)n2)ccc2c1CCCC(=O)N2C. The van der Waals surface area contributed by atoms with Crippen LogP contribution in [0.5, 0.6) is 5.75 Å². The van der Waals surface area contributed by atoms with Gasteiger partial charge in [-0.3, -0.25) is 9.35 Å². The van der Waals surface area contributed by atoms with E-state index in [0.717, 1.165) is 49.8 Å². The van der Waals surface area contributed by atoms with Crippen molar-refractivity contribution in [3.8, 4) is 5.75 Å². The zero-order valence-corrected chi connectivity index (χ0v) is 21.4. The lowest BCUT2D eigenvalue weighted by Crippen LogP contribution is -2.39. The maximum atomic E-state index is 12.3. The lowest BCUT2D eigenvalue weighted by atomic mass is 9.84. The van der Waals surface area contributed by atoms with Crippen molar-refractivity contribution in [2.24, 2.45) is 5.92 Å². The number of aromatic nitrogens is 2.